The van der Waals surface area contributed by atoms with Crippen molar-refractivity contribution in [3.8, 4) is 34.5 Å². The van der Waals surface area contributed by atoms with E-state index >= 15 is 0 Å². The quantitative estimate of drug-likeness (QED) is 0.0896. The summed E-state index contributed by atoms with van der Waals surface area (Å²) in [6.07, 6.45) is 23.0. The molecule has 0 aromatic heterocycles. The number of aliphatic hydroxyl groups is 2. The summed E-state index contributed by atoms with van der Waals surface area (Å²) < 4.78 is 24.9. The number of hydrogen-bond acceptors (Lipinski definition) is 8. The van der Waals surface area contributed by atoms with Crippen LogP contribution in [0.3, 0.4) is 0 Å². The first-order valence-corrected chi connectivity index (χ1v) is 28.2. The van der Waals surface area contributed by atoms with Gasteiger partial charge in [0.2, 0.25) is 0 Å². The Morgan fingerprint density at radius 1 is 0.575 bits per heavy atom. The van der Waals surface area contributed by atoms with E-state index in [-0.39, 0.29) is 23.8 Å². The SMILES string of the molecule is CCCCCc1cc(O)c2c(c1)OC(C)(C)C1=C2C(O)C(C)(O)CC1.CCCCCc1cc(O)c2c(c1)OC(C)(C)[C@@H]1CC[C@@H](C)C=C21.CCCCCc1cc(O)c2c(c1)OC(C)(C)[C@@H]1CC[C@H](C)C=C21.[3H]C[B]. The monoisotopic (exact) mass is 1000 g/mol. The van der Waals surface area contributed by atoms with E-state index in [1.807, 2.05) is 32.0 Å². The molecule has 8 nitrogen and oxygen atoms in total. The van der Waals surface area contributed by atoms with E-state index in [9.17, 15) is 25.5 Å². The zero-order chi connectivity index (χ0) is 54.3. The summed E-state index contributed by atoms with van der Waals surface area (Å²) in [5.74, 6) is 5.18. The van der Waals surface area contributed by atoms with Crippen LogP contribution in [0.1, 0.15) is 214 Å². The maximum Gasteiger partial charge on any atom is 0.132 e. The molecule has 9 heteroatoms. The van der Waals surface area contributed by atoms with Crippen molar-refractivity contribution in [1.82, 2.24) is 0 Å². The van der Waals surface area contributed by atoms with Gasteiger partial charge in [-0.25, -0.2) is 0 Å². The molecule has 0 amide bonds. The third-order valence-electron chi connectivity index (χ3n) is 16.6. The number of aliphatic hydroxyl groups excluding tert-OH is 1. The van der Waals surface area contributed by atoms with Crippen LogP contribution in [-0.4, -0.2) is 61.9 Å². The summed E-state index contributed by atoms with van der Waals surface area (Å²) in [6.45, 7) is 25.5. The Hall–Kier alpha value is -4.34. The third-order valence-corrected chi connectivity index (χ3v) is 16.6. The van der Waals surface area contributed by atoms with Crippen LogP contribution >= 0.6 is 0 Å². The minimum Gasteiger partial charge on any atom is -0.507 e. The van der Waals surface area contributed by atoms with Gasteiger partial charge in [0, 0.05) is 18.8 Å². The summed E-state index contributed by atoms with van der Waals surface area (Å²) in [7, 11) is 4.51. The van der Waals surface area contributed by atoms with Gasteiger partial charge in [-0.3, -0.25) is 0 Å². The maximum atomic E-state index is 10.8. The molecule has 73 heavy (non-hydrogen) atoms. The first kappa shape index (κ1) is 56.4. The Balaban J connectivity index is 0.000000176. The lowest BCUT2D eigenvalue weighted by atomic mass is 9.70. The van der Waals surface area contributed by atoms with Crippen LogP contribution in [0.4, 0.5) is 0 Å². The molecule has 0 bridgehead atoms. The lowest BCUT2D eigenvalue weighted by Gasteiger charge is -2.45. The van der Waals surface area contributed by atoms with Crippen molar-refractivity contribution in [1.29, 1.82) is 0 Å². The first-order chi connectivity index (χ1) is 34.9. The number of phenolic OH excluding ortho intramolecular Hbond substituents is 3. The van der Waals surface area contributed by atoms with Gasteiger partial charge in [0.1, 0.15) is 57.4 Å². The van der Waals surface area contributed by atoms with E-state index in [4.69, 9.17) is 15.6 Å². The molecule has 3 aliphatic carbocycles. The van der Waals surface area contributed by atoms with Crippen molar-refractivity contribution in [2.24, 2.45) is 23.7 Å². The van der Waals surface area contributed by atoms with Crippen molar-refractivity contribution in [2.45, 2.75) is 234 Å². The molecule has 400 valence electrons. The van der Waals surface area contributed by atoms with Crippen molar-refractivity contribution in [3.05, 3.63) is 87.5 Å². The highest BCUT2D eigenvalue weighted by atomic mass is 16.5. The van der Waals surface area contributed by atoms with Gasteiger partial charge in [-0.1, -0.05) is 92.1 Å². The Bertz CT molecular complexity index is 2390. The molecule has 3 aromatic carbocycles. The molecule has 0 saturated carbocycles. The number of ether oxygens (including phenoxy) is 3. The van der Waals surface area contributed by atoms with Crippen LogP contribution in [0.2, 0.25) is 6.80 Å². The van der Waals surface area contributed by atoms with Gasteiger partial charge in [-0.15, -0.1) is 0 Å². The van der Waals surface area contributed by atoms with Gasteiger partial charge in [-0.05, 0) is 207 Å². The predicted molar refractivity (Wildman–Crippen MR) is 302 cm³/mol. The highest BCUT2D eigenvalue weighted by Crippen LogP contribution is 2.55. The fourth-order valence-corrected chi connectivity index (χ4v) is 12.5. The molecule has 2 radical (unpaired) electrons. The van der Waals surface area contributed by atoms with Crippen molar-refractivity contribution < 1.29 is 41.1 Å². The third kappa shape index (κ3) is 13.0. The van der Waals surface area contributed by atoms with Crippen LogP contribution in [0.15, 0.2) is 54.1 Å². The second-order valence-corrected chi connectivity index (χ2v) is 24.0. The van der Waals surface area contributed by atoms with Crippen molar-refractivity contribution in [3.63, 3.8) is 0 Å². The number of aromatic hydroxyl groups is 3. The van der Waals surface area contributed by atoms with Gasteiger partial charge in [0.25, 0.3) is 0 Å². The predicted octanol–water partition coefficient (Wildman–Crippen LogP) is 15.6. The molecule has 9 rings (SSSR count). The fourth-order valence-electron chi connectivity index (χ4n) is 12.5. The summed E-state index contributed by atoms with van der Waals surface area (Å²) in [5.41, 5.74) is 7.89. The number of rotatable bonds is 12. The standard InChI is InChI=1S/C21H30O4.2C21H30O2.CH3B/c1-5-6-7-8-13-11-15(22)18-16(12-13)25-20(2,3)14-9-10-21(4,24)19(23)17(14)18;2*1-5-6-7-8-15-12-18(22)20-16-11-14(2)9-10-17(16)21(3,4)23-19(20)13-15;1-2/h11-12,19,22-24H,5-10H2,1-4H3;2*11-14,17,22H,5-10H2,1-4H3;1H3/t;14-,17+;14-,17-;/m.01./s1/i;;;1T. The van der Waals surface area contributed by atoms with Crippen LogP contribution in [0.25, 0.3) is 16.7 Å². The first-order valence-electron chi connectivity index (χ1n) is 28.9. The Morgan fingerprint density at radius 3 is 1.33 bits per heavy atom. The van der Waals surface area contributed by atoms with E-state index in [1.165, 1.54) is 73.6 Å². The number of hydrogen-bond donors (Lipinski definition) is 5. The Kier molecular flexibility index (Phi) is 18.6. The largest absolute Gasteiger partial charge is 0.507 e. The van der Waals surface area contributed by atoms with E-state index in [0.717, 1.165) is 85.1 Å². The molecule has 3 aliphatic heterocycles. The average molecular weight is 1000 g/mol. The van der Waals surface area contributed by atoms with Crippen molar-refractivity contribution in [2.75, 3.05) is 0 Å². The second-order valence-electron chi connectivity index (χ2n) is 24.0. The minimum absolute atomic E-state index is 0. The fraction of sp³-hybridized carbons (Fsp3) is 0.625. The molecule has 5 N–H and O–H groups in total. The zero-order valence-corrected chi connectivity index (χ0v) is 47.0. The smallest absolute Gasteiger partial charge is 0.132 e. The number of unbranched alkanes of at least 4 members (excludes halogenated alkanes) is 6. The Morgan fingerprint density at radius 2 is 0.945 bits per heavy atom. The molecule has 0 fully saturated rings. The van der Waals surface area contributed by atoms with Crippen LogP contribution < -0.4 is 14.2 Å². The van der Waals surface area contributed by atoms with E-state index in [1.54, 1.807) is 13.0 Å². The van der Waals surface area contributed by atoms with Gasteiger partial charge in [-0.2, -0.15) is 0 Å². The second kappa shape index (κ2) is 24.1. The lowest BCUT2D eigenvalue weighted by Crippen LogP contribution is -2.48. The molecule has 3 aromatic rings. The topological polar surface area (TPSA) is 129 Å². The molecule has 0 saturated heterocycles. The van der Waals surface area contributed by atoms with E-state index < -0.39 is 17.3 Å². The maximum absolute atomic E-state index is 10.8. The molecule has 6 aliphatic rings. The molecule has 3 heterocycles. The number of benzene rings is 3. The average Bonchev–Trinajstić information content (AvgIpc) is 3.30. The Labute approximate surface area is 443 Å². The molecule has 0 spiro atoms. The zero-order valence-electron chi connectivity index (χ0n) is 48.0. The van der Waals surface area contributed by atoms with Gasteiger partial charge in [0.05, 0.1) is 30.1 Å². The molecular formula is C64H93BO8. The number of fused-ring (bicyclic) bond motifs is 8. The van der Waals surface area contributed by atoms with Crippen LogP contribution in [0.5, 0.6) is 34.5 Å². The summed E-state index contributed by atoms with van der Waals surface area (Å²) in [6, 6.07) is 12.0. The van der Waals surface area contributed by atoms with E-state index in [2.05, 4.69) is 94.4 Å². The number of phenols is 3. The van der Waals surface area contributed by atoms with Crippen molar-refractivity contribution >= 4 is 24.6 Å². The summed E-state index contributed by atoms with van der Waals surface area (Å²) >= 11 is 0. The molecule has 2 unspecified atom stereocenters. The number of allylic oxidation sites excluding steroid dienone is 2. The molecular weight excluding hydrogens is 908 g/mol. The van der Waals surface area contributed by atoms with Crippen LogP contribution in [-0.2, 0) is 19.3 Å². The summed E-state index contributed by atoms with van der Waals surface area (Å²) in [4.78, 5) is 0. The summed E-state index contributed by atoms with van der Waals surface area (Å²) in [5, 5.41) is 53.4. The van der Waals surface area contributed by atoms with Gasteiger partial charge < -0.3 is 39.7 Å². The van der Waals surface area contributed by atoms with Crippen LogP contribution in [0, 0.1) is 23.7 Å². The van der Waals surface area contributed by atoms with E-state index in [0.29, 0.717) is 64.9 Å². The highest BCUT2D eigenvalue weighted by Gasteiger charge is 2.48. The molecule has 6 atom stereocenters. The van der Waals surface area contributed by atoms with Gasteiger partial charge >= 0.3 is 0 Å². The highest BCUT2D eigenvalue weighted by molar-refractivity contribution is 6.05. The normalized spacial score (nSPS) is 25.5. The lowest BCUT2D eigenvalue weighted by molar-refractivity contribution is -0.0476. The number of aryl methyl sites for hydroxylation is 3. The minimum atomic E-state index is -1.20. The van der Waals surface area contributed by atoms with Gasteiger partial charge in [0.15, 0.2) is 0 Å².